The van der Waals surface area contributed by atoms with Gasteiger partial charge < -0.3 is 20.3 Å². The molecule has 0 saturated carbocycles. The summed E-state index contributed by atoms with van der Waals surface area (Å²) in [6.45, 7) is 3.19. The van der Waals surface area contributed by atoms with Crippen molar-refractivity contribution in [3.63, 3.8) is 0 Å². The smallest absolute Gasteiger partial charge is 0.243 e. The monoisotopic (exact) mass is 478 g/mol. The third-order valence-corrected chi connectivity index (χ3v) is 7.74. The minimum atomic E-state index is -3.66. The fourth-order valence-electron chi connectivity index (χ4n) is 3.96. The first-order valence-electron chi connectivity index (χ1n) is 10.7. The molecule has 0 aliphatic carbocycles. The summed E-state index contributed by atoms with van der Waals surface area (Å²) in [5.41, 5.74) is 1.71. The lowest BCUT2D eigenvalue weighted by Crippen LogP contribution is -2.40. The van der Waals surface area contributed by atoms with E-state index in [0.717, 1.165) is 31.6 Å². The van der Waals surface area contributed by atoms with Gasteiger partial charge in [-0.05, 0) is 61.8 Å². The maximum Gasteiger partial charge on any atom is 0.243 e. The number of rotatable bonds is 5. The predicted octanol–water partition coefficient (Wildman–Crippen LogP) is 3.65. The molecule has 32 heavy (non-hydrogen) atoms. The van der Waals surface area contributed by atoms with Crippen molar-refractivity contribution in [2.24, 2.45) is 0 Å². The zero-order chi connectivity index (χ0) is 22.6. The first-order chi connectivity index (χ1) is 15.4. The van der Waals surface area contributed by atoms with E-state index in [2.05, 4.69) is 15.5 Å². The fourth-order valence-corrected chi connectivity index (χ4v) is 5.62. The van der Waals surface area contributed by atoms with Crippen LogP contribution >= 0.6 is 12.2 Å². The van der Waals surface area contributed by atoms with Crippen LogP contribution in [0.3, 0.4) is 0 Å². The Morgan fingerprint density at radius 2 is 1.62 bits per heavy atom. The van der Waals surface area contributed by atoms with Crippen molar-refractivity contribution in [1.82, 2.24) is 4.31 Å². The Labute approximate surface area is 193 Å². The van der Waals surface area contributed by atoms with Crippen LogP contribution in [0.25, 0.3) is 0 Å². The van der Waals surface area contributed by atoms with Crippen molar-refractivity contribution < 1.29 is 17.5 Å². The molecule has 10 heteroatoms. The predicted molar refractivity (Wildman–Crippen MR) is 128 cm³/mol. The summed E-state index contributed by atoms with van der Waals surface area (Å²) in [5.74, 6) is -0.420. The van der Waals surface area contributed by atoms with Crippen molar-refractivity contribution in [2.75, 3.05) is 54.9 Å². The highest BCUT2D eigenvalue weighted by molar-refractivity contribution is 7.89. The number of thiocarbonyl (C=S) groups is 1. The molecule has 2 fully saturated rings. The number of benzene rings is 2. The van der Waals surface area contributed by atoms with E-state index in [9.17, 15) is 12.8 Å². The van der Waals surface area contributed by atoms with Crippen LogP contribution in [-0.4, -0.2) is 57.2 Å². The quantitative estimate of drug-likeness (QED) is 0.636. The van der Waals surface area contributed by atoms with Gasteiger partial charge in [0.05, 0.1) is 35.2 Å². The van der Waals surface area contributed by atoms with Gasteiger partial charge in [-0.2, -0.15) is 4.31 Å². The van der Waals surface area contributed by atoms with Crippen LogP contribution in [0.1, 0.15) is 19.3 Å². The summed E-state index contributed by atoms with van der Waals surface area (Å²) in [4.78, 5) is 2.42. The summed E-state index contributed by atoms with van der Waals surface area (Å²) >= 11 is 5.42. The number of hydrogen-bond donors (Lipinski definition) is 2. The van der Waals surface area contributed by atoms with Gasteiger partial charge in [-0.1, -0.05) is 12.1 Å². The number of hydrogen-bond acceptors (Lipinski definition) is 5. The summed E-state index contributed by atoms with van der Waals surface area (Å²) in [7, 11) is -3.66. The molecule has 2 aliphatic heterocycles. The molecule has 0 spiro atoms. The SMILES string of the molecule is O=S(=O)(c1ccc(N2CCCCC2)c(NC(=S)Nc2ccccc2F)c1)N1CCOCC1. The molecular weight excluding hydrogens is 451 g/mol. The standard InChI is InChI=1S/C22H27FN4O3S2/c23-18-6-2-3-7-19(18)24-22(31)25-20-16-17(32(28,29)27-12-14-30-15-13-27)8-9-21(20)26-10-4-1-5-11-26/h2-3,6-9,16H,1,4-5,10-15H2,(H2,24,25,31). The van der Waals surface area contributed by atoms with Gasteiger partial charge in [-0.25, -0.2) is 12.8 Å². The first-order valence-corrected chi connectivity index (χ1v) is 12.6. The summed E-state index contributed by atoms with van der Waals surface area (Å²) in [6.07, 6.45) is 3.33. The van der Waals surface area contributed by atoms with Crippen LogP contribution in [0.15, 0.2) is 47.4 Å². The molecule has 2 aliphatic rings. The lowest BCUT2D eigenvalue weighted by atomic mass is 10.1. The number of piperidine rings is 1. The van der Waals surface area contributed by atoms with Crippen LogP contribution in [0.4, 0.5) is 21.5 Å². The Hall–Kier alpha value is -2.27. The summed E-state index contributed by atoms with van der Waals surface area (Å²) in [6, 6.07) is 11.3. The number of morpholine rings is 1. The number of nitrogens with one attached hydrogen (secondary N) is 2. The van der Waals surface area contributed by atoms with Gasteiger partial charge in [0.2, 0.25) is 10.0 Å². The fraction of sp³-hybridized carbons (Fsp3) is 0.409. The second kappa shape index (κ2) is 10.1. The van der Waals surface area contributed by atoms with E-state index in [1.54, 1.807) is 30.3 Å². The molecule has 0 aromatic heterocycles. The van der Waals surface area contributed by atoms with Gasteiger partial charge in [-0.3, -0.25) is 0 Å². The lowest BCUT2D eigenvalue weighted by Gasteiger charge is -2.31. The molecule has 2 heterocycles. The highest BCUT2D eigenvalue weighted by Crippen LogP contribution is 2.32. The lowest BCUT2D eigenvalue weighted by molar-refractivity contribution is 0.0730. The van der Waals surface area contributed by atoms with Gasteiger partial charge in [0.1, 0.15) is 5.82 Å². The number of halogens is 1. The molecule has 2 aromatic carbocycles. The highest BCUT2D eigenvalue weighted by Gasteiger charge is 2.28. The molecule has 0 radical (unpaired) electrons. The number of nitrogens with zero attached hydrogens (tertiary/aromatic N) is 2. The maximum absolute atomic E-state index is 14.0. The van der Waals surface area contributed by atoms with E-state index < -0.39 is 15.8 Å². The molecule has 2 N–H and O–H groups in total. The minimum absolute atomic E-state index is 0.189. The van der Waals surface area contributed by atoms with E-state index in [1.807, 2.05) is 6.07 Å². The Bertz CT molecular complexity index is 1070. The average Bonchev–Trinajstić information content (AvgIpc) is 2.81. The number of para-hydroxylation sites is 1. The number of sulfonamides is 1. The van der Waals surface area contributed by atoms with Crippen LogP contribution < -0.4 is 15.5 Å². The van der Waals surface area contributed by atoms with Crippen molar-refractivity contribution in [1.29, 1.82) is 0 Å². The number of ether oxygens (including phenoxy) is 1. The summed E-state index contributed by atoms with van der Waals surface area (Å²) in [5, 5.41) is 6.15. The zero-order valence-electron chi connectivity index (χ0n) is 17.7. The van der Waals surface area contributed by atoms with Crippen LogP contribution in [0.2, 0.25) is 0 Å². The molecular formula is C22H27FN4O3S2. The van der Waals surface area contributed by atoms with E-state index in [1.165, 1.54) is 16.8 Å². The highest BCUT2D eigenvalue weighted by atomic mass is 32.2. The molecule has 7 nitrogen and oxygen atoms in total. The van der Waals surface area contributed by atoms with Gasteiger partial charge in [0, 0.05) is 26.2 Å². The van der Waals surface area contributed by atoms with E-state index >= 15 is 0 Å². The van der Waals surface area contributed by atoms with Crippen LogP contribution in [-0.2, 0) is 14.8 Å². The van der Waals surface area contributed by atoms with Gasteiger partial charge >= 0.3 is 0 Å². The van der Waals surface area contributed by atoms with Crippen molar-refractivity contribution in [3.8, 4) is 0 Å². The van der Waals surface area contributed by atoms with E-state index in [4.69, 9.17) is 17.0 Å². The van der Waals surface area contributed by atoms with Crippen LogP contribution in [0.5, 0.6) is 0 Å². The van der Waals surface area contributed by atoms with Gasteiger partial charge in [0.15, 0.2) is 5.11 Å². The van der Waals surface area contributed by atoms with E-state index in [0.29, 0.717) is 32.0 Å². The first kappa shape index (κ1) is 22.9. The Morgan fingerprint density at radius 3 is 2.34 bits per heavy atom. The topological polar surface area (TPSA) is 73.9 Å². The third kappa shape index (κ3) is 5.20. The normalized spacial score (nSPS) is 17.7. The second-order valence-corrected chi connectivity index (χ2v) is 10.1. The molecule has 0 unspecified atom stereocenters. The second-order valence-electron chi connectivity index (χ2n) is 7.80. The Balaban J connectivity index is 1.63. The van der Waals surface area contributed by atoms with E-state index in [-0.39, 0.29) is 15.7 Å². The summed E-state index contributed by atoms with van der Waals surface area (Å²) < 4.78 is 47.1. The Kier molecular flexibility index (Phi) is 7.24. The molecule has 0 amide bonds. The third-order valence-electron chi connectivity index (χ3n) is 5.64. The maximum atomic E-state index is 14.0. The molecule has 2 saturated heterocycles. The van der Waals surface area contributed by atoms with Gasteiger partial charge in [0.25, 0.3) is 0 Å². The molecule has 4 rings (SSSR count). The Morgan fingerprint density at radius 1 is 0.938 bits per heavy atom. The van der Waals surface area contributed by atoms with Gasteiger partial charge in [-0.15, -0.1) is 0 Å². The zero-order valence-corrected chi connectivity index (χ0v) is 19.4. The van der Waals surface area contributed by atoms with Crippen molar-refractivity contribution in [2.45, 2.75) is 24.2 Å². The molecule has 2 aromatic rings. The molecule has 0 bridgehead atoms. The van der Waals surface area contributed by atoms with Crippen molar-refractivity contribution in [3.05, 3.63) is 48.3 Å². The number of anilines is 3. The molecule has 0 atom stereocenters. The minimum Gasteiger partial charge on any atom is -0.379 e. The van der Waals surface area contributed by atoms with Crippen molar-refractivity contribution >= 4 is 44.4 Å². The largest absolute Gasteiger partial charge is 0.379 e. The molecule has 172 valence electrons. The van der Waals surface area contributed by atoms with Crippen LogP contribution in [0, 0.1) is 5.82 Å². The average molecular weight is 479 g/mol.